The van der Waals surface area contributed by atoms with E-state index in [0.717, 1.165) is 45.2 Å². The van der Waals surface area contributed by atoms with Crippen LogP contribution in [0.2, 0.25) is 0 Å². The SMILES string of the molecule is N#C/N=C(\NCCCCC1CCN(C(=O)c2ccco2)CC1)Nc1ccc(F)nc1. The highest BCUT2D eigenvalue weighted by Gasteiger charge is 2.24. The van der Waals surface area contributed by atoms with E-state index in [4.69, 9.17) is 9.68 Å². The van der Waals surface area contributed by atoms with Crippen LogP contribution >= 0.6 is 0 Å². The highest BCUT2D eigenvalue weighted by atomic mass is 19.1. The van der Waals surface area contributed by atoms with Crippen LogP contribution in [0.1, 0.15) is 42.7 Å². The minimum Gasteiger partial charge on any atom is -0.459 e. The monoisotopic (exact) mass is 412 g/mol. The summed E-state index contributed by atoms with van der Waals surface area (Å²) in [5.41, 5.74) is 0.550. The Morgan fingerprint density at radius 2 is 2.17 bits per heavy atom. The van der Waals surface area contributed by atoms with E-state index in [1.807, 2.05) is 4.90 Å². The summed E-state index contributed by atoms with van der Waals surface area (Å²) in [6.07, 6.45) is 9.68. The van der Waals surface area contributed by atoms with Gasteiger partial charge in [0.05, 0.1) is 18.1 Å². The number of rotatable bonds is 7. The minimum atomic E-state index is -0.566. The topological polar surface area (TPSA) is 107 Å². The van der Waals surface area contributed by atoms with Crippen LogP contribution in [0.5, 0.6) is 0 Å². The van der Waals surface area contributed by atoms with Gasteiger partial charge in [-0.1, -0.05) is 12.8 Å². The maximum Gasteiger partial charge on any atom is 0.289 e. The number of carbonyl (C=O) groups is 1. The Kier molecular flexibility index (Phi) is 7.78. The molecule has 1 amide bonds. The van der Waals surface area contributed by atoms with Crippen molar-refractivity contribution in [2.45, 2.75) is 32.1 Å². The van der Waals surface area contributed by atoms with Crippen molar-refractivity contribution < 1.29 is 13.6 Å². The molecule has 3 rings (SSSR count). The summed E-state index contributed by atoms with van der Waals surface area (Å²) in [6.45, 7) is 2.19. The van der Waals surface area contributed by atoms with Crippen molar-refractivity contribution in [2.24, 2.45) is 10.9 Å². The number of hydrogen-bond donors (Lipinski definition) is 2. The van der Waals surface area contributed by atoms with Crippen molar-refractivity contribution in [1.82, 2.24) is 15.2 Å². The molecule has 0 aliphatic carbocycles. The van der Waals surface area contributed by atoms with Crippen LogP contribution in [0.3, 0.4) is 0 Å². The van der Waals surface area contributed by atoms with E-state index in [9.17, 15) is 9.18 Å². The number of pyridine rings is 1. The second-order valence-electron chi connectivity index (χ2n) is 7.19. The van der Waals surface area contributed by atoms with E-state index in [1.165, 1.54) is 24.6 Å². The highest BCUT2D eigenvalue weighted by Crippen LogP contribution is 2.23. The lowest BCUT2D eigenvalue weighted by atomic mass is 9.91. The maximum atomic E-state index is 12.9. The summed E-state index contributed by atoms with van der Waals surface area (Å²) in [6, 6.07) is 6.19. The molecule has 3 heterocycles. The number of halogens is 1. The lowest BCUT2D eigenvalue weighted by molar-refractivity contribution is 0.0654. The van der Waals surface area contributed by atoms with Gasteiger partial charge in [0, 0.05) is 19.6 Å². The summed E-state index contributed by atoms with van der Waals surface area (Å²) >= 11 is 0. The Bertz CT molecular complexity index is 868. The van der Waals surface area contributed by atoms with Crippen molar-refractivity contribution in [2.75, 3.05) is 25.0 Å². The Hall–Kier alpha value is -3.41. The van der Waals surface area contributed by atoms with Gasteiger partial charge in [-0.2, -0.15) is 9.65 Å². The zero-order valence-corrected chi connectivity index (χ0v) is 16.7. The predicted octanol–water partition coefficient (Wildman–Crippen LogP) is 3.37. The quantitative estimate of drug-likeness (QED) is 0.237. The van der Waals surface area contributed by atoms with E-state index in [-0.39, 0.29) is 5.91 Å². The van der Waals surface area contributed by atoms with Crippen molar-refractivity contribution >= 4 is 17.6 Å². The molecule has 0 bridgehead atoms. The molecule has 1 saturated heterocycles. The van der Waals surface area contributed by atoms with Crippen molar-refractivity contribution in [3.8, 4) is 6.19 Å². The fourth-order valence-electron chi connectivity index (χ4n) is 3.49. The summed E-state index contributed by atoms with van der Waals surface area (Å²) in [5.74, 6) is 0.732. The van der Waals surface area contributed by atoms with Gasteiger partial charge in [-0.25, -0.2) is 4.98 Å². The van der Waals surface area contributed by atoms with E-state index in [1.54, 1.807) is 18.3 Å². The molecule has 0 saturated carbocycles. The van der Waals surface area contributed by atoms with E-state index < -0.39 is 5.95 Å². The fraction of sp³-hybridized carbons (Fsp3) is 0.429. The molecule has 0 unspecified atom stereocenters. The predicted molar refractivity (Wildman–Crippen MR) is 110 cm³/mol. The van der Waals surface area contributed by atoms with Gasteiger partial charge in [-0.3, -0.25) is 4.79 Å². The second kappa shape index (κ2) is 11.0. The molecule has 1 fully saturated rings. The third-order valence-corrected chi connectivity index (χ3v) is 5.12. The van der Waals surface area contributed by atoms with Crippen molar-refractivity contribution in [1.29, 1.82) is 5.26 Å². The molecule has 9 heteroatoms. The van der Waals surface area contributed by atoms with Gasteiger partial charge in [0.25, 0.3) is 5.91 Å². The van der Waals surface area contributed by atoms with Crippen LogP contribution in [0.25, 0.3) is 0 Å². The van der Waals surface area contributed by atoms with Gasteiger partial charge in [0.2, 0.25) is 18.1 Å². The molecule has 0 radical (unpaired) electrons. The number of aliphatic imine (C=N–C) groups is 1. The number of anilines is 1. The zero-order valence-electron chi connectivity index (χ0n) is 16.7. The fourth-order valence-corrected chi connectivity index (χ4v) is 3.49. The summed E-state index contributed by atoms with van der Waals surface area (Å²) < 4.78 is 18.1. The molecule has 0 aromatic carbocycles. The lowest BCUT2D eigenvalue weighted by Gasteiger charge is -2.31. The standard InChI is InChI=1S/C21H25FN6O2/c22-19-7-6-17(14-25-19)27-21(26-15-23)24-10-2-1-4-16-8-11-28(12-9-16)20(29)18-5-3-13-30-18/h3,5-7,13-14,16H,1-2,4,8-12H2,(H2,24,26,27). The normalized spacial score (nSPS) is 14.9. The first-order valence-electron chi connectivity index (χ1n) is 10.1. The van der Waals surface area contributed by atoms with Crippen molar-refractivity contribution in [3.63, 3.8) is 0 Å². The summed E-state index contributed by atoms with van der Waals surface area (Å²) in [7, 11) is 0. The Labute approximate surface area is 174 Å². The number of piperidine rings is 1. The summed E-state index contributed by atoms with van der Waals surface area (Å²) in [4.78, 5) is 21.4. The maximum absolute atomic E-state index is 12.9. The van der Waals surface area contributed by atoms with E-state index in [2.05, 4.69) is 20.6 Å². The molecular formula is C21H25FN6O2. The second-order valence-corrected chi connectivity index (χ2v) is 7.19. The first-order chi connectivity index (χ1) is 14.7. The highest BCUT2D eigenvalue weighted by molar-refractivity contribution is 5.94. The van der Waals surface area contributed by atoms with Crippen LogP contribution < -0.4 is 10.6 Å². The molecule has 2 aromatic heterocycles. The van der Waals surface area contributed by atoms with Crippen LogP contribution in [0, 0.1) is 23.3 Å². The molecule has 30 heavy (non-hydrogen) atoms. The molecule has 2 N–H and O–H groups in total. The minimum absolute atomic E-state index is 0.0317. The first-order valence-corrected chi connectivity index (χ1v) is 10.1. The van der Waals surface area contributed by atoms with Crippen LogP contribution in [-0.2, 0) is 0 Å². The van der Waals surface area contributed by atoms with Crippen LogP contribution in [0.4, 0.5) is 10.1 Å². The number of aromatic nitrogens is 1. The molecule has 158 valence electrons. The smallest absolute Gasteiger partial charge is 0.289 e. The number of carbonyl (C=O) groups excluding carboxylic acids is 1. The van der Waals surface area contributed by atoms with Crippen molar-refractivity contribution in [3.05, 3.63) is 48.4 Å². The molecular weight excluding hydrogens is 387 g/mol. The molecule has 1 aliphatic rings. The van der Waals surface area contributed by atoms with Gasteiger partial charge in [-0.05, 0) is 49.4 Å². The molecule has 0 atom stereocenters. The van der Waals surface area contributed by atoms with Gasteiger partial charge < -0.3 is 20.0 Å². The Morgan fingerprint density at radius 3 is 2.83 bits per heavy atom. The summed E-state index contributed by atoms with van der Waals surface area (Å²) in [5, 5.41) is 14.8. The number of hydrogen-bond acceptors (Lipinski definition) is 5. The number of nitrogens with one attached hydrogen (secondary N) is 2. The average Bonchev–Trinajstić information content (AvgIpc) is 3.30. The van der Waals surface area contributed by atoms with Crippen LogP contribution in [0.15, 0.2) is 46.1 Å². The number of nitrogens with zero attached hydrogens (tertiary/aromatic N) is 4. The van der Waals surface area contributed by atoms with E-state index in [0.29, 0.717) is 29.9 Å². The third kappa shape index (κ3) is 6.30. The molecule has 2 aromatic rings. The largest absolute Gasteiger partial charge is 0.459 e. The zero-order chi connectivity index (χ0) is 21.2. The van der Waals surface area contributed by atoms with Gasteiger partial charge in [0.15, 0.2) is 5.76 Å². The van der Waals surface area contributed by atoms with E-state index >= 15 is 0 Å². The van der Waals surface area contributed by atoms with Crippen LogP contribution in [-0.4, -0.2) is 41.4 Å². The third-order valence-electron chi connectivity index (χ3n) is 5.12. The van der Waals surface area contributed by atoms with Gasteiger partial charge in [-0.15, -0.1) is 4.99 Å². The number of furan rings is 1. The molecule has 8 nitrogen and oxygen atoms in total. The van der Waals surface area contributed by atoms with Gasteiger partial charge in [0.1, 0.15) is 0 Å². The number of unbranched alkanes of at least 4 members (excludes halogenated alkanes) is 1. The molecule has 1 aliphatic heterocycles. The number of nitriles is 1. The number of guanidine groups is 1. The lowest BCUT2D eigenvalue weighted by Crippen LogP contribution is -2.38. The Balaban J connectivity index is 1.32. The van der Waals surface area contributed by atoms with Gasteiger partial charge >= 0.3 is 0 Å². The average molecular weight is 412 g/mol. The molecule has 0 spiro atoms. The number of amides is 1. The first kappa shape index (κ1) is 21.3. The number of likely N-dealkylation sites (tertiary alicyclic amines) is 1. The Morgan fingerprint density at radius 1 is 1.33 bits per heavy atom.